The molecule has 1 aliphatic rings. The van der Waals surface area contributed by atoms with Crippen LogP contribution in [0.15, 0.2) is 71.8 Å². The average Bonchev–Trinajstić information content (AvgIpc) is 2.81. The number of carbonyl (C=O) groups excluding carboxylic acids is 1. The minimum Gasteiger partial charge on any atom is -0.438 e. The van der Waals surface area contributed by atoms with E-state index in [2.05, 4.69) is 4.98 Å². The molecule has 7 nitrogen and oxygen atoms in total. The van der Waals surface area contributed by atoms with Crippen LogP contribution in [0.2, 0.25) is 10.0 Å². The summed E-state index contributed by atoms with van der Waals surface area (Å²) in [6, 6.07) is 16.7. The zero-order chi connectivity index (χ0) is 22.7. The largest absolute Gasteiger partial charge is 0.438 e. The lowest BCUT2D eigenvalue weighted by molar-refractivity contribution is 0.0694. The number of rotatable bonds is 5. The summed E-state index contributed by atoms with van der Waals surface area (Å²) in [7, 11) is -3.84. The molecule has 0 aliphatic carbocycles. The SMILES string of the molecule is O=C(c1cccnc1Oc1ccccc1)N1CCN(S(=O)(=O)c2cc(Cl)ccc2Cl)CC1. The Bertz CT molecular complexity index is 1230. The molecule has 0 saturated carbocycles. The molecule has 3 aromatic rings. The van der Waals surface area contributed by atoms with Gasteiger partial charge in [0.1, 0.15) is 16.2 Å². The van der Waals surface area contributed by atoms with Crippen molar-refractivity contribution < 1.29 is 17.9 Å². The minimum atomic E-state index is -3.84. The Hall–Kier alpha value is -2.65. The lowest BCUT2D eigenvalue weighted by Crippen LogP contribution is -2.50. The number of carbonyl (C=O) groups is 1. The third kappa shape index (κ3) is 4.73. The van der Waals surface area contributed by atoms with E-state index < -0.39 is 10.0 Å². The Kier molecular flexibility index (Phi) is 6.66. The maximum Gasteiger partial charge on any atom is 0.259 e. The third-order valence-electron chi connectivity index (χ3n) is 5.00. The lowest BCUT2D eigenvalue weighted by Gasteiger charge is -2.34. The van der Waals surface area contributed by atoms with Crippen LogP contribution in [-0.4, -0.2) is 54.7 Å². The summed E-state index contributed by atoms with van der Waals surface area (Å²) in [6.45, 7) is 0.698. The smallest absolute Gasteiger partial charge is 0.259 e. The fraction of sp³-hybridized carbons (Fsp3) is 0.182. The summed E-state index contributed by atoms with van der Waals surface area (Å²) in [5, 5.41) is 0.385. The molecule has 0 atom stereocenters. The second-order valence-corrected chi connectivity index (χ2v) is 9.79. The molecule has 32 heavy (non-hydrogen) atoms. The Labute approximate surface area is 196 Å². The molecule has 1 aromatic heterocycles. The molecule has 1 fully saturated rings. The van der Waals surface area contributed by atoms with Crippen LogP contribution >= 0.6 is 23.2 Å². The van der Waals surface area contributed by atoms with Crippen molar-refractivity contribution in [2.24, 2.45) is 0 Å². The van der Waals surface area contributed by atoms with Gasteiger partial charge in [0.05, 0.1) is 5.02 Å². The minimum absolute atomic E-state index is 0.0442. The van der Waals surface area contributed by atoms with E-state index in [0.29, 0.717) is 11.3 Å². The highest BCUT2D eigenvalue weighted by atomic mass is 35.5. The van der Waals surface area contributed by atoms with Crippen molar-refractivity contribution in [2.75, 3.05) is 26.2 Å². The fourth-order valence-electron chi connectivity index (χ4n) is 3.35. The number of halogens is 2. The Morgan fingerprint density at radius 2 is 1.66 bits per heavy atom. The number of benzene rings is 2. The molecular weight excluding hydrogens is 473 g/mol. The number of hydrogen-bond donors (Lipinski definition) is 0. The molecule has 1 aliphatic heterocycles. The van der Waals surface area contributed by atoms with Crippen molar-refractivity contribution in [3.05, 3.63) is 82.5 Å². The summed E-state index contributed by atoms with van der Waals surface area (Å²) in [6.07, 6.45) is 1.55. The van der Waals surface area contributed by atoms with E-state index >= 15 is 0 Å². The van der Waals surface area contributed by atoms with Crippen LogP contribution in [0.3, 0.4) is 0 Å². The standard InChI is InChI=1S/C22H19Cl2N3O4S/c23-16-8-9-19(24)20(15-16)32(29,30)27-13-11-26(12-14-27)22(28)18-7-4-10-25-21(18)31-17-5-2-1-3-6-17/h1-10,15H,11-14H2. The van der Waals surface area contributed by atoms with Crippen molar-refractivity contribution in [3.63, 3.8) is 0 Å². The Balaban J connectivity index is 1.48. The first-order valence-corrected chi connectivity index (χ1v) is 12.0. The maximum atomic E-state index is 13.1. The number of piperazine rings is 1. The second-order valence-electron chi connectivity index (χ2n) is 7.04. The van der Waals surface area contributed by atoms with E-state index in [1.54, 1.807) is 35.4 Å². The molecule has 0 unspecified atom stereocenters. The van der Waals surface area contributed by atoms with E-state index in [4.69, 9.17) is 27.9 Å². The number of sulfonamides is 1. The molecule has 1 amide bonds. The summed E-state index contributed by atoms with van der Waals surface area (Å²) in [5.41, 5.74) is 0.311. The molecule has 0 N–H and O–H groups in total. The van der Waals surface area contributed by atoms with Gasteiger partial charge >= 0.3 is 0 Å². The first-order chi connectivity index (χ1) is 15.4. The fourth-order valence-corrected chi connectivity index (χ4v) is 5.51. The van der Waals surface area contributed by atoms with Crippen LogP contribution in [0.1, 0.15) is 10.4 Å². The van der Waals surface area contributed by atoms with Gasteiger partial charge in [-0.05, 0) is 42.5 Å². The van der Waals surface area contributed by atoms with Gasteiger partial charge in [-0.25, -0.2) is 13.4 Å². The number of aromatic nitrogens is 1. The van der Waals surface area contributed by atoms with E-state index in [1.165, 1.54) is 22.5 Å². The van der Waals surface area contributed by atoms with Crippen LogP contribution in [0.5, 0.6) is 11.6 Å². The molecule has 4 rings (SSSR count). The number of ether oxygens (including phenoxy) is 1. The second kappa shape index (κ2) is 9.46. The third-order valence-corrected chi connectivity index (χ3v) is 7.61. The number of para-hydroxylation sites is 1. The summed E-state index contributed by atoms with van der Waals surface area (Å²) >= 11 is 12.0. The highest BCUT2D eigenvalue weighted by molar-refractivity contribution is 7.89. The van der Waals surface area contributed by atoms with E-state index in [9.17, 15) is 13.2 Å². The van der Waals surface area contributed by atoms with Crippen molar-refractivity contribution >= 4 is 39.1 Å². The summed E-state index contributed by atoms with van der Waals surface area (Å²) in [4.78, 5) is 18.9. The predicted molar refractivity (Wildman–Crippen MR) is 122 cm³/mol. The molecule has 1 saturated heterocycles. The highest BCUT2D eigenvalue weighted by Gasteiger charge is 2.32. The first-order valence-electron chi connectivity index (χ1n) is 9.78. The molecule has 2 heterocycles. The Morgan fingerprint density at radius 1 is 0.938 bits per heavy atom. The molecule has 0 bridgehead atoms. The maximum absolute atomic E-state index is 13.1. The zero-order valence-electron chi connectivity index (χ0n) is 16.8. The summed E-state index contributed by atoms with van der Waals surface area (Å²) < 4.78 is 33.1. The molecule has 0 radical (unpaired) electrons. The van der Waals surface area contributed by atoms with E-state index in [0.717, 1.165) is 0 Å². The van der Waals surface area contributed by atoms with Crippen molar-refractivity contribution in [2.45, 2.75) is 4.90 Å². The van der Waals surface area contributed by atoms with Gasteiger partial charge in [0.25, 0.3) is 5.91 Å². The first kappa shape index (κ1) is 22.5. The normalized spacial score (nSPS) is 14.9. The number of amides is 1. The van der Waals surface area contributed by atoms with Crippen molar-refractivity contribution in [1.29, 1.82) is 0 Å². The molecule has 10 heteroatoms. The topological polar surface area (TPSA) is 79.8 Å². The number of hydrogen-bond acceptors (Lipinski definition) is 5. The van der Waals surface area contributed by atoms with E-state index in [-0.39, 0.29) is 52.9 Å². The quantitative estimate of drug-likeness (QED) is 0.530. The van der Waals surface area contributed by atoms with Crippen molar-refractivity contribution in [1.82, 2.24) is 14.2 Å². The van der Waals surface area contributed by atoms with Gasteiger partial charge < -0.3 is 9.64 Å². The van der Waals surface area contributed by atoms with Gasteiger partial charge in [-0.3, -0.25) is 4.79 Å². The van der Waals surface area contributed by atoms with Gasteiger partial charge in [0.2, 0.25) is 15.9 Å². The average molecular weight is 492 g/mol. The van der Waals surface area contributed by atoms with Gasteiger partial charge in [0, 0.05) is 37.4 Å². The summed E-state index contributed by atoms with van der Waals surface area (Å²) in [5.74, 6) is 0.487. The van der Waals surface area contributed by atoms with Crippen molar-refractivity contribution in [3.8, 4) is 11.6 Å². The van der Waals surface area contributed by atoms with Crippen LogP contribution in [0.25, 0.3) is 0 Å². The number of nitrogens with zero attached hydrogens (tertiary/aromatic N) is 3. The van der Waals surface area contributed by atoms with Crippen LogP contribution in [0.4, 0.5) is 0 Å². The van der Waals surface area contributed by atoms with Gasteiger partial charge in [-0.1, -0.05) is 41.4 Å². The highest BCUT2D eigenvalue weighted by Crippen LogP contribution is 2.29. The van der Waals surface area contributed by atoms with Gasteiger partial charge in [-0.15, -0.1) is 0 Å². The Morgan fingerprint density at radius 3 is 2.38 bits per heavy atom. The molecule has 0 spiro atoms. The lowest BCUT2D eigenvalue weighted by atomic mass is 10.2. The van der Waals surface area contributed by atoms with Crippen LogP contribution < -0.4 is 4.74 Å². The monoisotopic (exact) mass is 491 g/mol. The zero-order valence-corrected chi connectivity index (χ0v) is 19.1. The predicted octanol–water partition coefficient (Wildman–Crippen LogP) is 4.33. The van der Waals surface area contributed by atoms with E-state index in [1.807, 2.05) is 18.2 Å². The van der Waals surface area contributed by atoms with Crippen LogP contribution in [0, 0.1) is 0 Å². The van der Waals surface area contributed by atoms with Gasteiger partial charge in [0.15, 0.2) is 0 Å². The van der Waals surface area contributed by atoms with Gasteiger partial charge in [-0.2, -0.15) is 4.31 Å². The molecular formula is C22H19Cl2N3O4S. The molecule has 166 valence electrons. The number of pyridine rings is 1. The van der Waals surface area contributed by atoms with Crippen LogP contribution in [-0.2, 0) is 10.0 Å². The molecule has 2 aromatic carbocycles.